The van der Waals surface area contributed by atoms with Crippen LogP contribution in [0.3, 0.4) is 0 Å². The fraction of sp³-hybridized carbons (Fsp3) is 0.412. The molecule has 3 rings (SSSR count). The van der Waals surface area contributed by atoms with Crippen LogP contribution in [0.4, 0.5) is 0 Å². The zero-order valence-corrected chi connectivity index (χ0v) is 13.5. The molecule has 0 spiro atoms. The number of carbonyl (C=O) groups excluding carboxylic acids is 2. The third kappa shape index (κ3) is 3.98. The molecule has 24 heavy (non-hydrogen) atoms. The highest BCUT2D eigenvalue weighted by atomic mass is 16.2. The van der Waals surface area contributed by atoms with Crippen LogP contribution in [-0.4, -0.2) is 44.6 Å². The largest absolute Gasteiger partial charge is 0.352 e. The molecular weight excluding hydrogens is 306 g/mol. The van der Waals surface area contributed by atoms with E-state index in [1.807, 2.05) is 24.3 Å². The van der Waals surface area contributed by atoms with Crippen molar-refractivity contribution in [2.45, 2.75) is 32.2 Å². The Balaban J connectivity index is 1.52. The topological polar surface area (TPSA) is 80.1 Å². The summed E-state index contributed by atoms with van der Waals surface area (Å²) < 4.78 is 1.67. The Morgan fingerprint density at radius 2 is 2.12 bits per heavy atom. The minimum atomic E-state index is -0.0539. The standard InChI is InChI=1S/C17H21N5O2/c23-16(8-10-21-9-4-3-7-17(21)24)19-11-14-5-1-2-6-15(14)22-13-18-12-20-22/h1-2,5-6,12-13H,3-4,7-11H2,(H,19,23). The van der Waals surface area contributed by atoms with Gasteiger partial charge < -0.3 is 10.2 Å². The first-order chi connectivity index (χ1) is 11.7. The van der Waals surface area contributed by atoms with Crippen molar-refractivity contribution in [2.24, 2.45) is 0 Å². The van der Waals surface area contributed by atoms with E-state index in [2.05, 4.69) is 15.4 Å². The first-order valence-corrected chi connectivity index (χ1v) is 8.21. The number of benzene rings is 1. The van der Waals surface area contributed by atoms with Crippen molar-refractivity contribution in [3.8, 4) is 5.69 Å². The molecule has 0 aliphatic carbocycles. The van der Waals surface area contributed by atoms with E-state index in [-0.39, 0.29) is 11.8 Å². The first kappa shape index (κ1) is 16.2. The van der Waals surface area contributed by atoms with Gasteiger partial charge in [0.2, 0.25) is 11.8 Å². The van der Waals surface area contributed by atoms with Gasteiger partial charge in [0, 0.05) is 32.5 Å². The maximum atomic E-state index is 12.1. The number of hydrogen-bond donors (Lipinski definition) is 1. The van der Waals surface area contributed by atoms with Crippen LogP contribution in [-0.2, 0) is 16.1 Å². The molecule has 0 saturated carbocycles. The molecule has 2 amide bonds. The van der Waals surface area contributed by atoms with Crippen molar-refractivity contribution < 1.29 is 9.59 Å². The Hall–Kier alpha value is -2.70. The molecule has 7 heteroatoms. The molecule has 0 atom stereocenters. The lowest BCUT2D eigenvalue weighted by Gasteiger charge is -2.26. The van der Waals surface area contributed by atoms with Crippen molar-refractivity contribution in [3.05, 3.63) is 42.5 Å². The smallest absolute Gasteiger partial charge is 0.222 e. The number of piperidine rings is 1. The van der Waals surface area contributed by atoms with Crippen molar-refractivity contribution in [3.63, 3.8) is 0 Å². The lowest BCUT2D eigenvalue weighted by molar-refractivity contribution is -0.133. The molecule has 0 unspecified atom stereocenters. The van der Waals surface area contributed by atoms with E-state index in [9.17, 15) is 9.59 Å². The zero-order chi connectivity index (χ0) is 16.8. The summed E-state index contributed by atoms with van der Waals surface area (Å²) in [6.07, 6.45) is 6.02. The quantitative estimate of drug-likeness (QED) is 0.867. The maximum absolute atomic E-state index is 12.1. The molecule has 2 heterocycles. The molecule has 1 saturated heterocycles. The first-order valence-electron chi connectivity index (χ1n) is 8.21. The molecule has 1 aliphatic heterocycles. The monoisotopic (exact) mass is 327 g/mol. The van der Waals surface area contributed by atoms with Crippen LogP contribution in [0.5, 0.6) is 0 Å². The molecule has 0 bridgehead atoms. The fourth-order valence-corrected chi connectivity index (χ4v) is 2.83. The summed E-state index contributed by atoms with van der Waals surface area (Å²) in [6.45, 7) is 1.68. The van der Waals surface area contributed by atoms with Crippen LogP contribution in [0.25, 0.3) is 5.69 Å². The van der Waals surface area contributed by atoms with Gasteiger partial charge in [0.15, 0.2) is 0 Å². The number of rotatable bonds is 6. The molecule has 1 aromatic carbocycles. The van der Waals surface area contributed by atoms with Gasteiger partial charge in [-0.25, -0.2) is 9.67 Å². The van der Waals surface area contributed by atoms with Gasteiger partial charge in [-0.15, -0.1) is 0 Å². The number of hydrogen-bond acceptors (Lipinski definition) is 4. The van der Waals surface area contributed by atoms with E-state index in [4.69, 9.17) is 0 Å². The van der Waals surface area contributed by atoms with Gasteiger partial charge in [-0.3, -0.25) is 9.59 Å². The molecule has 1 N–H and O–H groups in total. The van der Waals surface area contributed by atoms with Crippen LogP contribution >= 0.6 is 0 Å². The van der Waals surface area contributed by atoms with E-state index in [1.165, 1.54) is 6.33 Å². The summed E-state index contributed by atoms with van der Waals surface area (Å²) in [4.78, 5) is 29.6. The Kier molecular flexibility index (Phi) is 5.20. The van der Waals surface area contributed by atoms with Crippen LogP contribution in [0, 0.1) is 0 Å². The van der Waals surface area contributed by atoms with Crippen LogP contribution in [0.15, 0.2) is 36.9 Å². The Bertz CT molecular complexity index is 699. The highest BCUT2D eigenvalue weighted by molar-refractivity contribution is 5.79. The van der Waals surface area contributed by atoms with Crippen LogP contribution in [0.1, 0.15) is 31.2 Å². The van der Waals surface area contributed by atoms with Gasteiger partial charge >= 0.3 is 0 Å². The SMILES string of the molecule is O=C(CCN1CCCCC1=O)NCc1ccccc1-n1cncn1. The van der Waals surface area contributed by atoms with Gasteiger partial charge in [0.1, 0.15) is 12.7 Å². The third-order valence-corrected chi connectivity index (χ3v) is 4.16. The Morgan fingerprint density at radius 1 is 1.25 bits per heavy atom. The number of para-hydroxylation sites is 1. The molecule has 7 nitrogen and oxygen atoms in total. The van der Waals surface area contributed by atoms with Crippen LogP contribution < -0.4 is 5.32 Å². The number of amides is 2. The van der Waals surface area contributed by atoms with Crippen LogP contribution in [0.2, 0.25) is 0 Å². The van der Waals surface area contributed by atoms with Gasteiger partial charge in [0.05, 0.1) is 5.69 Å². The number of likely N-dealkylation sites (tertiary alicyclic amines) is 1. The summed E-state index contributed by atoms with van der Waals surface area (Å²) in [6, 6.07) is 7.73. The highest BCUT2D eigenvalue weighted by Gasteiger charge is 2.18. The molecule has 1 aliphatic rings. The Labute approximate surface area is 140 Å². The number of carbonyl (C=O) groups is 2. The second kappa shape index (κ2) is 7.72. The fourth-order valence-electron chi connectivity index (χ4n) is 2.83. The molecule has 1 fully saturated rings. The number of aromatic nitrogens is 3. The van der Waals surface area contributed by atoms with E-state index in [0.29, 0.717) is 25.9 Å². The molecular formula is C17H21N5O2. The summed E-state index contributed by atoms with van der Waals surface area (Å²) in [5, 5.41) is 7.05. The zero-order valence-electron chi connectivity index (χ0n) is 13.5. The molecule has 126 valence electrons. The predicted molar refractivity (Wildman–Crippen MR) is 88.3 cm³/mol. The lowest BCUT2D eigenvalue weighted by Crippen LogP contribution is -2.38. The second-order valence-electron chi connectivity index (χ2n) is 5.83. The molecule has 1 aromatic heterocycles. The van der Waals surface area contributed by atoms with Crippen molar-refractivity contribution in [1.29, 1.82) is 0 Å². The van der Waals surface area contributed by atoms with Gasteiger partial charge in [-0.1, -0.05) is 18.2 Å². The summed E-state index contributed by atoms with van der Waals surface area (Å²) in [7, 11) is 0. The summed E-state index contributed by atoms with van der Waals surface area (Å²) >= 11 is 0. The minimum absolute atomic E-state index is 0.0539. The number of nitrogens with zero attached hydrogens (tertiary/aromatic N) is 4. The van der Waals surface area contributed by atoms with E-state index in [0.717, 1.165) is 30.6 Å². The Morgan fingerprint density at radius 3 is 2.92 bits per heavy atom. The van der Waals surface area contributed by atoms with Gasteiger partial charge in [-0.2, -0.15) is 5.10 Å². The highest BCUT2D eigenvalue weighted by Crippen LogP contribution is 2.13. The molecule has 0 radical (unpaired) electrons. The third-order valence-electron chi connectivity index (χ3n) is 4.16. The average molecular weight is 327 g/mol. The summed E-state index contributed by atoms with van der Waals surface area (Å²) in [5.41, 5.74) is 1.85. The van der Waals surface area contributed by atoms with Gasteiger partial charge in [-0.05, 0) is 24.5 Å². The normalized spacial score (nSPS) is 14.7. The average Bonchev–Trinajstić information content (AvgIpc) is 3.14. The maximum Gasteiger partial charge on any atom is 0.222 e. The minimum Gasteiger partial charge on any atom is -0.352 e. The predicted octanol–water partition coefficient (Wildman–Crippen LogP) is 1.29. The van der Waals surface area contributed by atoms with Gasteiger partial charge in [0.25, 0.3) is 0 Å². The van der Waals surface area contributed by atoms with E-state index in [1.54, 1.807) is 15.9 Å². The van der Waals surface area contributed by atoms with Crippen molar-refractivity contribution >= 4 is 11.8 Å². The summed E-state index contributed by atoms with van der Waals surface area (Å²) in [5.74, 6) is 0.104. The van der Waals surface area contributed by atoms with E-state index < -0.39 is 0 Å². The number of nitrogens with one attached hydrogen (secondary N) is 1. The lowest BCUT2D eigenvalue weighted by atomic mass is 10.1. The molecule has 2 aromatic rings. The second-order valence-corrected chi connectivity index (χ2v) is 5.83. The van der Waals surface area contributed by atoms with Crippen molar-refractivity contribution in [1.82, 2.24) is 25.0 Å². The van der Waals surface area contributed by atoms with Crippen molar-refractivity contribution in [2.75, 3.05) is 13.1 Å². The van der Waals surface area contributed by atoms with E-state index >= 15 is 0 Å².